The zero-order valence-corrected chi connectivity index (χ0v) is 13.7. The van der Waals surface area contributed by atoms with E-state index in [-0.39, 0.29) is 23.2 Å². The molecule has 0 N–H and O–H groups in total. The monoisotopic (exact) mass is 326 g/mol. The van der Waals surface area contributed by atoms with Crippen LogP contribution in [0.3, 0.4) is 0 Å². The van der Waals surface area contributed by atoms with Crippen LogP contribution in [0.4, 0.5) is 0 Å². The number of thioether (sulfide) groups is 1. The molecule has 2 aliphatic heterocycles. The molecule has 0 spiro atoms. The van der Waals surface area contributed by atoms with Gasteiger partial charge in [-0.15, -0.1) is 11.8 Å². The number of carbonyl (C=O) groups excluding carboxylic acids is 1. The molecule has 1 saturated heterocycles. The molecular formula is C19H18O3S. The van der Waals surface area contributed by atoms with Crippen molar-refractivity contribution in [3.8, 4) is 5.75 Å². The first-order valence-corrected chi connectivity index (χ1v) is 8.74. The maximum Gasteiger partial charge on any atom is 0.317 e. The second kappa shape index (κ2) is 6.02. The summed E-state index contributed by atoms with van der Waals surface area (Å²) >= 11 is 1.77. The lowest BCUT2D eigenvalue weighted by Crippen LogP contribution is -2.40. The first kappa shape index (κ1) is 14.8. The number of carbonyl (C=O) groups is 1. The number of hydrogen-bond donors (Lipinski definition) is 0. The van der Waals surface area contributed by atoms with E-state index in [1.807, 2.05) is 37.3 Å². The van der Waals surface area contributed by atoms with Crippen molar-refractivity contribution in [1.29, 1.82) is 0 Å². The zero-order chi connectivity index (χ0) is 15.8. The minimum atomic E-state index is -0.209. The summed E-state index contributed by atoms with van der Waals surface area (Å²) in [6.07, 6.45) is 0.620. The van der Waals surface area contributed by atoms with Crippen LogP contribution in [0.25, 0.3) is 0 Å². The highest BCUT2D eigenvalue weighted by atomic mass is 32.2. The largest absolute Gasteiger partial charge is 0.426 e. The van der Waals surface area contributed by atoms with Crippen molar-refractivity contribution in [3.63, 3.8) is 0 Å². The molecule has 3 nitrogen and oxygen atoms in total. The van der Waals surface area contributed by atoms with E-state index in [4.69, 9.17) is 9.47 Å². The molecule has 23 heavy (non-hydrogen) atoms. The van der Waals surface area contributed by atoms with Crippen LogP contribution in [0.2, 0.25) is 0 Å². The summed E-state index contributed by atoms with van der Waals surface area (Å²) in [6, 6.07) is 16.2. The highest BCUT2D eigenvalue weighted by molar-refractivity contribution is 8.00. The lowest BCUT2D eigenvalue weighted by molar-refractivity contribution is -0.152. The maximum atomic E-state index is 12.4. The smallest absolute Gasteiger partial charge is 0.317 e. The van der Waals surface area contributed by atoms with Gasteiger partial charge in [0.1, 0.15) is 5.75 Å². The van der Waals surface area contributed by atoms with Gasteiger partial charge < -0.3 is 9.47 Å². The Morgan fingerprint density at radius 2 is 1.96 bits per heavy atom. The molecule has 2 aromatic rings. The van der Waals surface area contributed by atoms with Crippen molar-refractivity contribution >= 4 is 17.7 Å². The Hall–Kier alpha value is -1.78. The van der Waals surface area contributed by atoms with Crippen LogP contribution < -0.4 is 4.74 Å². The van der Waals surface area contributed by atoms with Crippen molar-refractivity contribution in [2.24, 2.45) is 5.92 Å². The van der Waals surface area contributed by atoms with Gasteiger partial charge in [-0.1, -0.05) is 29.8 Å². The van der Waals surface area contributed by atoms with E-state index < -0.39 is 0 Å². The Balaban J connectivity index is 1.55. The average molecular weight is 326 g/mol. The van der Waals surface area contributed by atoms with E-state index in [2.05, 4.69) is 18.2 Å². The highest BCUT2D eigenvalue weighted by Gasteiger charge is 2.43. The van der Waals surface area contributed by atoms with E-state index in [9.17, 15) is 4.79 Å². The number of ether oxygens (including phenoxy) is 2. The van der Waals surface area contributed by atoms with E-state index >= 15 is 0 Å². The van der Waals surface area contributed by atoms with Gasteiger partial charge in [0.05, 0.1) is 18.6 Å². The molecule has 3 unspecified atom stereocenters. The van der Waals surface area contributed by atoms with Crippen molar-refractivity contribution < 1.29 is 14.3 Å². The normalized spacial score (nSPS) is 26.1. The number of fused-ring (bicyclic) bond motifs is 3. The Morgan fingerprint density at radius 3 is 2.78 bits per heavy atom. The Labute approximate surface area is 140 Å². The Bertz CT molecular complexity index is 729. The molecule has 4 heteroatoms. The minimum absolute atomic E-state index is 0.162. The molecule has 0 bridgehead atoms. The fourth-order valence-corrected chi connectivity index (χ4v) is 4.42. The standard InChI is InChI=1S/C19H18O3S/c1-12-7-8-17-15(9-12)18-16(19(20)22-17)10-14(11-21-18)23-13-5-3-2-4-6-13/h2-9,14,16,18H,10-11H2,1H3. The summed E-state index contributed by atoms with van der Waals surface area (Å²) < 4.78 is 11.6. The molecule has 0 aliphatic carbocycles. The van der Waals surface area contributed by atoms with Crippen LogP contribution in [-0.2, 0) is 9.53 Å². The third-order valence-electron chi connectivity index (χ3n) is 4.38. The van der Waals surface area contributed by atoms with Crippen LogP contribution in [0.1, 0.15) is 23.7 Å². The van der Waals surface area contributed by atoms with E-state index in [0.29, 0.717) is 12.4 Å². The van der Waals surface area contributed by atoms with Gasteiger partial charge >= 0.3 is 5.97 Å². The molecule has 3 atom stereocenters. The van der Waals surface area contributed by atoms with E-state index in [1.54, 1.807) is 11.8 Å². The van der Waals surface area contributed by atoms with Crippen LogP contribution in [0.5, 0.6) is 5.75 Å². The number of aryl methyl sites for hydroxylation is 1. The summed E-state index contributed by atoms with van der Waals surface area (Å²) in [5, 5.41) is 0.276. The fourth-order valence-electron chi connectivity index (χ4n) is 3.27. The van der Waals surface area contributed by atoms with Crippen molar-refractivity contribution in [1.82, 2.24) is 0 Å². The Kier molecular flexibility index (Phi) is 3.87. The third-order valence-corrected chi connectivity index (χ3v) is 5.58. The predicted molar refractivity (Wildman–Crippen MR) is 89.7 cm³/mol. The van der Waals surface area contributed by atoms with E-state index in [1.165, 1.54) is 4.90 Å². The molecule has 1 fully saturated rings. The van der Waals surface area contributed by atoms with E-state index in [0.717, 1.165) is 17.5 Å². The summed E-state index contributed by atoms with van der Waals surface area (Å²) in [4.78, 5) is 13.6. The molecule has 2 aromatic carbocycles. The van der Waals surface area contributed by atoms with Crippen molar-refractivity contribution in [2.45, 2.75) is 29.6 Å². The summed E-state index contributed by atoms with van der Waals surface area (Å²) in [7, 11) is 0. The lowest BCUT2D eigenvalue weighted by Gasteiger charge is -2.38. The fraction of sp³-hybridized carbons (Fsp3) is 0.316. The molecule has 4 rings (SSSR count). The lowest BCUT2D eigenvalue weighted by atomic mass is 9.86. The molecule has 0 saturated carbocycles. The second-order valence-corrected chi connectivity index (χ2v) is 7.49. The number of esters is 1. The third kappa shape index (κ3) is 2.89. The number of rotatable bonds is 2. The van der Waals surface area contributed by atoms with Gasteiger partial charge in [0, 0.05) is 15.7 Å². The van der Waals surface area contributed by atoms with Gasteiger partial charge in [-0.05, 0) is 37.6 Å². The SMILES string of the molecule is Cc1ccc2c(c1)C1OCC(Sc3ccccc3)CC1C(=O)O2. The molecular weight excluding hydrogens is 308 g/mol. The zero-order valence-electron chi connectivity index (χ0n) is 12.9. The second-order valence-electron chi connectivity index (χ2n) is 6.11. The van der Waals surface area contributed by atoms with Crippen molar-refractivity contribution in [2.75, 3.05) is 6.61 Å². The summed E-state index contributed by atoms with van der Waals surface area (Å²) in [6.45, 7) is 2.70. The first-order valence-electron chi connectivity index (χ1n) is 7.86. The summed E-state index contributed by atoms with van der Waals surface area (Å²) in [5.74, 6) is 0.278. The number of benzene rings is 2. The van der Waals surface area contributed by atoms with Crippen LogP contribution in [0, 0.1) is 12.8 Å². The molecule has 2 heterocycles. The van der Waals surface area contributed by atoms with Gasteiger partial charge in [-0.2, -0.15) is 0 Å². The first-order chi connectivity index (χ1) is 11.2. The van der Waals surface area contributed by atoms with Gasteiger partial charge in [-0.3, -0.25) is 4.79 Å². The minimum Gasteiger partial charge on any atom is -0.426 e. The summed E-state index contributed by atoms with van der Waals surface area (Å²) in [5.41, 5.74) is 2.17. The molecule has 0 aromatic heterocycles. The molecule has 0 amide bonds. The average Bonchev–Trinajstić information content (AvgIpc) is 2.57. The topological polar surface area (TPSA) is 35.5 Å². The predicted octanol–water partition coefficient (Wildman–Crippen LogP) is 4.15. The molecule has 118 valence electrons. The number of hydrogen-bond acceptors (Lipinski definition) is 4. The van der Waals surface area contributed by atoms with Gasteiger partial charge in [0.2, 0.25) is 0 Å². The van der Waals surface area contributed by atoms with Crippen LogP contribution in [-0.4, -0.2) is 17.8 Å². The van der Waals surface area contributed by atoms with Gasteiger partial charge in [0.25, 0.3) is 0 Å². The van der Waals surface area contributed by atoms with Crippen molar-refractivity contribution in [3.05, 3.63) is 59.7 Å². The van der Waals surface area contributed by atoms with Crippen LogP contribution in [0.15, 0.2) is 53.4 Å². The van der Waals surface area contributed by atoms with Gasteiger partial charge in [0.15, 0.2) is 0 Å². The molecule has 0 radical (unpaired) electrons. The molecule has 2 aliphatic rings. The maximum absolute atomic E-state index is 12.4. The Morgan fingerprint density at radius 1 is 1.13 bits per heavy atom. The highest BCUT2D eigenvalue weighted by Crippen LogP contribution is 2.45. The van der Waals surface area contributed by atoms with Gasteiger partial charge in [-0.25, -0.2) is 0 Å². The quantitative estimate of drug-likeness (QED) is 0.613. The van der Waals surface area contributed by atoms with Crippen LogP contribution >= 0.6 is 11.8 Å².